The Balaban J connectivity index is 1.46. The number of pyridine rings is 1. The van der Waals surface area contributed by atoms with Crippen LogP contribution in [-0.4, -0.2) is 53.6 Å². The van der Waals surface area contributed by atoms with Crippen LogP contribution in [0.1, 0.15) is 32.8 Å². The van der Waals surface area contributed by atoms with E-state index in [-0.39, 0.29) is 11.8 Å². The van der Waals surface area contributed by atoms with Gasteiger partial charge in [-0.3, -0.25) is 18.8 Å². The lowest BCUT2D eigenvalue weighted by Crippen LogP contribution is -2.39. The third kappa shape index (κ3) is 4.81. The maximum absolute atomic E-state index is 13.1. The smallest absolute Gasteiger partial charge is 0.410 e. The number of hydrogen-bond donors (Lipinski definition) is 0. The van der Waals surface area contributed by atoms with Crippen LogP contribution in [0.3, 0.4) is 0 Å². The van der Waals surface area contributed by atoms with Crippen molar-refractivity contribution >= 4 is 33.5 Å². The highest BCUT2D eigenvalue weighted by atomic mass is 16.6. The average Bonchev–Trinajstić information content (AvgIpc) is 3.48. The first kappa shape index (κ1) is 26.6. The summed E-state index contributed by atoms with van der Waals surface area (Å²) >= 11 is 0. The van der Waals surface area contributed by atoms with Crippen molar-refractivity contribution in [1.29, 1.82) is 0 Å². The molecule has 0 saturated heterocycles. The van der Waals surface area contributed by atoms with Gasteiger partial charge in [0.05, 0.1) is 22.9 Å². The van der Waals surface area contributed by atoms with Gasteiger partial charge in [-0.25, -0.2) is 9.59 Å². The van der Waals surface area contributed by atoms with Gasteiger partial charge < -0.3 is 9.64 Å². The quantitative estimate of drug-likeness (QED) is 0.295. The van der Waals surface area contributed by atoms with Crippen molar-refractivity contribution in [3.05, 3.63) is 77.1 Å². The van der Waals surface area contributed by atoms with Crippen molar-refractivity contribution in [3.63, 3.8) is 0 Å². The molecule has 0 fully saturated rings. The molecule has 0 N–H and O–H groups in total. The highest BCUT2D eigenvalue weighted by Crippen LogP contribution is 2.37. The molecule has 3 aromatic heterocycles. The molecule has 0 unspecified atom stereocenters. The maximum atomic E-state index is 13.1. The van der Waals surface area contributed by atoms with Crippen LogP contribution in [0.15, 0.2) is 65.9 Å². The summed E-state index contributed by atoms with van der Waals surface area (Å²) in [4.78, 5) is 32.2. The summed E-state index contributed by atoms with van der Waals surface area (Å²) in [6, 6.07) is 12.6. The van der Waals surface area contributed by atoms with Crippen molar-refractivity contribution in [2.75, 3.05) is 13.1 Å². The lowest BCUT2D eigenvalue weighted by atomic mass is 9.92. The molecule has 1 aliphatic heterocycles. The number of fused-ring (bicyclic) bond motifs is 2. The predicted molar refractivity (Wildman–Crippen MR) is 161 cm³/mol. The molecule has 41 heavy (non-hydrogen) atoms. The van der Waals surface area contributed by atoms with E-state index < -0.39 is 5.60 Å². The van der Waals surface area contributed by atoms with Crippen molar-refractivity contribution < 1.29 is 9.53 Å². The Morgan fingerprint density at radius 1 is 0.976 bits per heavy atom. The Bertz CT molecular complexity index is 1920. The van der Waals surface area contributed by atoms with E-state index in [0.29, 0.717) is 19.5 Å². The largest absolute Gasteiger partial charge is 0.444 e. The van der Waals surface area contributed by atoms with Gasteiger partial charge >= 0.3 is 11.8 Å². The van der Waals surface area contributed by atoms with Crippen molar-refractivity contribution in [2.24, 2.45) is 21.1 Å². The second-order valence-electron chi connectivity index (χ2n) is 11.7. The fraction of sp³-hybridized carbons (Fsp3) is 0.312. The van der Waals surface area contributed by atoms with Gasteiger partial charge in [0.15, 0.2) is 0 Å². The summed E-state index contributed by atoms with van der Waals surface area (Å²) in [5, 5.41) is 6.38. The number of amides is 1. The van der Waals surface area contributed by atoms with Gasteiger partial charge in [0.1, 0.15) is 5.60 Å². The Kier molecular flexibility index (Phi) is 6.32. The zero-order valence-corrected chi connectivity index (χ0v) is 24.3. The molecular formula is C32H34N6O3. The summed E-state index contributed by atoms with van der Waals surface area (Å²) in [5.41, 5.74) is 7.10. The molecule has 9 heteroatoms. The number of rotatable bonds is 3. The minimum Gasteiger partial charge on any atom is -0.444 e. The van der Waals surface area contributed by atoms with Gasteiger partial charge in [0.25, 0.3) is 0 Å². The first-order valence-corrected chi connectivity index (χ1v) is 13.7. The number of aryl methyl sites for hydroxylation is 3. The SMILES string of the molecule is Cn1cc(-c2cc3cccc(-c4cc(C5=CCN(C(=O)OC(C)(C)C)CC5)c5c(c4)n(C)c(=O)n5C)c3cn2)cn1. The molecule has 1 aliphatic rings. The lowest BCUT2D eigenvalue weighted by Gasteiger charge is -2.30. The molecule has 5 aromatic rings. The fourth-order valence-corrected chi connectivity index (χ4v) is 5.59. The Morgan fingerprint density at radius 2 is 1.78 bits per heavy atom. The summed E-state index contributed by atoms with van der Waals surface area (Å²) in [5.74, 6) is 0. The minimum absolute atomic E-state index is 0.0779. The van der Waals surface area contributed by atoms with Gasteiger partial charge in [0, 0.05) is 63.1 Å². The second-order valence-corrected chi connectivity index (χ2v) is 11.7. The number of aromatic nitrogens is 5. The third-order valence-electron chi connectivity index (χ3n) is 7.64. The zero-order valence-electron chi connectivity index (χ0n) is 24.3. The normalized spacial score (nSPS) is 14.1. The summed E-state index contributed by atoms with van der Waals surface area (Å²) in [7, 11) is 5.51. The Hall–Kier alpha value is -4.66. The van der Waals surface area contributed by atoms with Crippen LogP contribution < -0.4 is 5.69 Å². The first-order valence-electron chi connectivity index (χ1n) is 13.7. The van der Waals surface area contributed by atoms with Crippen LogP contribution in [0.2, 0.25) is 0 Å². The van der Waals surface area contributed by atoms with Crippen LogP contribution in [0.25, 0.3) is 49.8 Å². The monoisotopic (exact) mass is 550 g/mol. The molecule has 0 aliphatic carbocycles. The standard InChI is InChI=1S/C32H34N6O3/c1-32(2,3)41-31(40)38-12-10-20(11-13-38)25-14-22(16-28-29(25)37(6)30(39)36(28)5)24-9-7-8-21-15-27(33-18-26(21)24)23-17-34-35(4)19-23/h7-10,14-19H,11-13H2,1-6H3. The molecule has 0 atom stereocenters. The van der Waals surface area contributed by atoms with Crippen LogP contribution in [-0.2, 0) is 25.9 Å². The number of hydrogen-bond acceptors (Lipinski definition) is 5. The van der Waals surface area contributed by atoms with Gasteiger partial charge in [-0.1, -0.05) is 24.3 Å². The molecule has 6 rings (SSSR count). The molecule has 0 radical (unpaired) electrons. The van der Waals surface area contributed by atoms with Crippen LogP contribution in [0.5, 0.6) is 0 Å². The molecule has 4 heterocycles. The molecule has 0 saturated carbocycles. The highest BCUT2D eigenvalue weighted by molar-refractivity contribution is 6.01. The predicted octanol–water partition coefficient (Wildman–Crippen LogP) is 5.52. The van der Waals surface area contributed by atoms with E-state index in [1.54, 1.807) is 18.7 Å². The summed E-state index contributed by atoms with van der Waals surface area (Å²) < 4.78 is 10.8. The number of carbonyl (C=O) groups is 1. The van der Waals surface area contributed by atoms with E-state index in [1.165, 1.54) is 0 Å². The number of nitrogens with zero attached hydrogens (tertiary/aromatic N) is 6. The fourth-order valence-electron chi connectivity index (χ4n) is 5.59. The second kappa shape index (κ2) is 9.76. The van der Waals surface area contributed by atoms with Crippen LogP contribution >= 0.6 is 0 Å². The topological polar surface area (TPSA) is 87.2 Å². The number of ether oxygens (including phenoxy) is 1. The highest BCUT2D eigenvalue weighted by Gasteiger charge is 2.26. The van der Waals surface area contributed by atoms with Gasteiger partial charge in [-0.2, -0.15) is 5.10 Å². The molecular weight excluding hydrogens is 516 g/mol. The first-order chi connectivity index (χ1) is 19.5. The van der Waals surface area contributed by atoms with Crippen LogP contribution in [0.4, 0.5) is 4.79 Å². The molecule has 2 aromatic carbocycles. The van der Waals surface area contributed by atoms with Crippen molar-refractivity contribution in [3.8, 4) is 22.4 Å². The van der Waals surface area contributed by atoms with E-state index >= 15 is 0 Å². The van der Waals surface area contributed by atoms with E-state index in [4.69, 9.17) is 9.72 Å². The van der Waals surface area contributed by atoms with E-state index in [1.807, 2.05) is 60.5 Å². The summed E-state index contributed by atoms with van der Waals surface area (Å²) in [6.45, 7) is 6.61. The maximum Gasteiger partial charge on any atom is 0.410 e. The third-order valence-corrected chi connectivity index (χ3v) is 7.64. The van der Waals surface area contributed by atoms with E-state index in [2.05, 4.69) is 47.6 Å². The number of carbonyl (C=O) groups excluding carboxylic acids is 1. The summed E-state index contributed by atoms with van der Waals surface area (Å²) in [6.07, 6.45) is 8.11. The van der Waals surface area contributed by atoms with Gasteiger partial charge in [-0.15, -0.1) is 0 Å². The molecule has 0 spiro atoms. The molecule has 9 nitrogen and oxygen atoms in total. The van der Waals surface area contributed by atoms with E-state index in [9.17, 15) is 9.59 Å². The molecule has 0 bridgehead atoms. The Morgan fingerprint density at radius 3 is 2.46 bits per heavy atom. The van der Waals surface area contributed by atoms with Gasteiger partial charge in [0.2, 0.25) is 0 Å². The minimum atomic E-state index is -0.546. The van der Waals surface area contributed by atoms with Crippen molar-refractivity contribution in [1.82, 2.24) is 28.8 Å². The molecule has 210 valence electrons. The number of imidazole rings is 1. The lowest BCUT2D eigenvalue weighted by molar-refractivity contribution is 0.0270. The van der Waals surface area contributed by atoms with Crippen LogP contribution in [0, 0.1) is 0 Å². The van der Waals surface area contributed by atoms with Gasteiger partial charge in [-0.05, 0) is 67.5 Å². The average molecular weight is 551 g/mol. The van der Waals surface area contributed by atoms with E-state index in [0.717, 1.165) is 55.3 Å². The zero-order chi connectivity index (χ0) is 29.1. The number of benzene rings is 2. The Labute approximate surface area is 238 Å². The molecule has 1 amide bonds. The van der Waals surface area contributed by atoms with Crippen molar-refractivity contribution in [2.45, 2.75) is 32.8 Å².